The number of hydrogen-bond acceptors (Lipinski definition) is 7. The molecule has 1 aromatic heterocycles. The lowest BCUT2D eigenvalue weighted by Crippen LogP contribution is -2.33. The van der Waals surface area contributed by atoms with Gasteiger partial charge in [0.2, 0.25) is 11.8 Å². The lowest BCUT2D eigenvalue weighted by Gasteiger charge is -2.21. The van der Waals surface area contributed by atoms with Crippen LogP contribution in [-0.4, -0.2) is 61.9 Å². The van der Waals surface area contributed by atoms with Gasteiger partial charge in [0.15, 0.2) is 5.13 Å². The molecule has 1 aliphatic rings. The van der Waals surface area contributed by atoms with Gasteiger partial charge < -0.3 is 9.64 Å². The van der Waals surface area contributed by atoms with E-state index < -0.39 is 0 Å². The van der Waals surface area contributed by atoms with Crippen molar-refractivity contribution in [2.75, 3.05) is 44.1 Å². The molecule has 1 aliphatic heterocycles. The van der Waals surface area contributed by atoms with Gasteiger partial charge >= 0.3 is 0 Å². The van der Waals surface area contributed by atoms with E-state index in [0.717, 1.165) is 28.7 Å². The van der Waals surface area contributed by atoms with Crippen LogP contribution in [0.15, 0.2) is 36.4 Å². The molecule has 4 rings (SSSR count). The Morgan fingerprint density at radius 2 is 1.74 bits per heavy atom. The summed E-state index contributed by atoms with van der Waals surface area (Å²) in [6, 6.07) is 10.5. The lowest BCUT2D eigenvalue weighted by molar-refractivity contribution is -0.121. The number of benzene rings is 2. The minimum Gasteiger partial charge on any atom is -0.494 e. The van der Waals surface area contributed by atoms with Crippen molar-refractivity contribution in [3.8, 4) is 5.75 Å². The van der Waals surface area contributed by atoms with E-state index in [1.807, 2.05) is 33.2 Å². The van der Waals surface area contributed by atoms with E-state index in [4.69, 9.17) is 9.72 Å². The number of hydrogen-bond donors (Lipinski definition) is 0. The van der Waals surface area contributed by atoms with Crippen molar-refractivity contribution >= 4 is 50.1 Å². The van der Waals surface area contributed by atoms with E-state index in [-0.39, 0.29) is 30.6 Å². The van der Waals surface area contributed by atoms with Crippen LogP contribution in [0.5, 0.6) is 5.75 Å². The fourth-order valence-corrected chi connectivity index (χ4v) is 5.06. The molecule has 34 heavy (non-hydrogen) atoms. The number of aryl methyl sites for hydroxylation is 1. The molecule has 3 amide bonds. The Morgan fingerprint density at radius 3 is 2.35 bits per heavy atom. The number of thiazole rings is 1. The second-order valence-corrected chi connectivity index (χ2v) is 9.52. The molecule has 0 unspecified atom stereocenters. The molecule has 178 valence electrons. The van der Waals surface area contributed by atoms with Gasteiger partial charge in [0, 0.05) is 24.9 Å². The first-order chi connectivity index (χ1) is 16.3. The van der Waals surface area contributed by atoms with Gasteiger partial charge in [0.05, 0.1) is 17.5 Å². The van der Waals surface area contributed by atoms with Crippen molar-refractivity contribution in [3.05, 3.63) is 47.5 Å². The molecule has 9 heteroatoms. The van der Waals surface area contributed by atoms with Crippen LogP contribution >= 0.6 is 11.3 Å². The maximum atomic E-state index is 13.6. The van der Waals surface area contributed by atoms with Crippen molar-refractivity contribution < 1.29 is 19.1 Å². The van der Waals surface area contributed by atoms with Gasteiger partial charge in [-0.3, -0.25) is 24.2 Å². The van der Waals surface area contributed by atoms with E-state index >= 15 is 0 Å². The summed E-state index contributed by atoms with van der Waals surface area (Å²) in [7, 11) is 5.61. The highest BCUT2D eigenvalue weighted by Crippen LogP contribution is 2.37. The van der Waals surface area contributed by atoms with Crippen LogP contribution in [0, 0.1) is 6.92 Å². The molecule has 1 fully saturated rings. The molecule has 0 atom stereocenters. The summed E-state index contributed by atoms with van der Waals surface area (Å²) in [5.74, 6) is 0.0644. The van der Waals surface area contributed by atoms with Crippen LogP contribution in [-0.2, 0) is 9.59 Å². The molecule has 0 bridgehead atoms. The fraction of sp³-hybridized carbons (Fsp3) is 0.360. The minimum atomic E-state index is -0.215. The Labute approximate surface area is 202 Å². The molecule has 0 N–H and O–H groups in total. The number of amides is 3. The number of methoxy groups -OCH3 is 1. The van der Waals surface area contributed by atoms with Gasteiger partial charge in [-0.1, -0.05) is 17.4 Å². The number of ether oxygens (including phenoxy) is 1. The predicted octanol–water partition coefficient (Wildman–Crippen LogP) is 3.87. The highest BCUT2D eigenvalue weighted by Gasteiger charge is 2.30. The first kappa shape index (κ1) is 23.8. The van der Waals surface area contributed by atoms with E-state index in [1.165, 1.54) is 16.2 Å². The van der Waals surface area contributed by atoms with E-state index in [2.05, 4.69) is 4.90 Å². The predicted molar refractivity (Wildman–Crippen MR) is 134 cm³/mol. The first-order valence-corrected chi connectivity index (χ1v) is 12.0. The van der Waals surface area contributed by atoms with Crippen molar-refractivity contribution in [1.82, 2.24) is 9.88 Å². The molecule has 8 nitrogen and oxygen atoms in total. The summed E-state index contributed by atoms with van der Waals surface area (Å²) in [5.41, 5.74) is 2.78. The molecule has 2 heterocycles. The van der Waals surface area contributed by atoms with Crippen molar-refractivity contribution in [2.24, 2.45) is 0 Å². The van der Waals surface area contributed by atoms with Crippen molar-refractivity contribution in [1.29, 1.82) is 0 Å². The minimum absolute atomic E-state index is 0.181. The largest absolute Gasteiger partial charge is 0.494 e. The number of anilines is 2. The van der Waals surface area contributed by atoms with Crippen LogP contribution in [0.4, 0.5) is 10.8 Å². The summed E-state index contributed by atoms with van der Waals surface area (Å²) >= 11 is 1.47. The molecular weight excluding hydrogens is 452 g/mol. The smallest absolute Gasteiger partial charge is 0.260 e. The number of rotatable bonds is 8. The van der Waals surface area contributed by atoms with Gasteiger partial charge in [0.1, 0.15) is 11.3 Å². The number of aromatic nitrogens is 1. The summed E-state index contributed by atoms with van der Waals surface area (Å²) < 4.78 is 6.47. The van der Waals surface area contributed by atoms with Crippen molar-refractivity contribution in [3.63, 3.8) is 0 Å². The molecule has 0 saturated carbocycles. The Kier molecular flexibility index (Phi) is 6.95. The van der Waals surface area contributed by atoms with Gasteiger partial charge in [-0.15, -0.1) is 0 Å². The SMILES string of the molecule is COc1ccc(C)c2sc(N(CCCN(C)C)C(=O)c3ccc(N4C(=O)CCC4=O)cc3)nc12. The highest BCUT2D eigenvalue weighted by atomic mass is 32.1. The van der Waals surface area contributed by atoms with E-state index in [1.54, 1.807) is 36.3 Å². The first-order valence-electron chi connectivity index (χ1n) is 11.2. The maximum absolute atomic E-state index is 13.6. The fourth-order valence-electron chi connectivity index (χ4n) is 3.98. The molecule has 3 aromatic rings. The number of nitrogens with zero attached hydrogens (tertiary/aromatic N) is 4. The second kappa shape index (κ2) is 9.90. The molecule has 0 radical (unpaired) electrons. The monoisotopic (exact) mass is 480 g/mol. The highest BCUT2D eigenvalue weighted by molar-refractivity contribution is 7.22. The van der Waals surface area contributed by atoms with Crippen LogP contribution in [0.1, 0.15) is 35.2 Å². The third-order valence-corrected chi connectivity index (χ3v) is 7.01. The summed E-state index contributed by atoms with van der Waals surface area (Å²) in [4.78, 5) is 47.4. The zero-order chi connectivity index (χ0) is 24.4. The standard InChI is InChI=1S/C25H28N4O4S/c1-16-6-11-19(33-4)22-23(16)34-25(26-22)28(15-5-14-27(2)3)24(32)17-7-9-18(10-8-17)29-20(30)12-13-21(29)31/h6-11H,5,12-15H2,1-4H3. The van der Waals surface area contributed by atoms with Gasteiger partial charge in [-0.25, -0.2) is 4.98 Å². The Morgan fingerprint density at radius 1 is 1.06 bits per heavy atom. The Bertz CT molecular complexity index is 1220. The number of carbonyl (C=O) groups excluding carboxylic acids is 3. The van der Waals surface area contributed by atoms with E-state index in [9.17, 15) is 14.4 Å². The third kappa shape index (κ3) is 4.67. The lowest BCUT2D eigenvalue weighted by atomic mass is 10.1. The number of fused-ring (bicyclic) bond motifs is 1. The van der Waals surface area contributed by atoms with Crippen LogP contribution in [0.25, 0.3) is 10.2 Å². The normalized spacial score (nSPS) is 13.9. The van der Waals surface area contributed by atoms with Crippen LogP contribution < -0.4 is 14.5 Å². The number of imide groups is 1. The zero-order valence-corrected chi connectivity index (χ0v) is 20.6. The average Bonchev–Trinajstić information content (AvgIpc) is 3.40. The molecule has 0 spiro atoms. The third-order valence-electron chi connectivity index (χ3n) is 5.80. The maximum Gasteiger partial charge on any atom is 0.260 e. The number of carbonyl (C=O) groups is 3. The Hall–Kier alpha value is -3.30. The topological polar surface area (TPSA) is 83.0 Å². The quantitative estimate of drug-likeness (QED) is 0.455. The van der Waals surface area contributed by atoms with Crippen molar-refractivity contribution in [2.45, 2.75) is 26.2 Å². The summed E-state index contributed by atoms with van der Waals surface area (Å²) in [5, 5.41) is 0.611. The summed E-state index contributed by atoms with van der Waals surface area (Å²) in [6.07, 6.45) is 1.22. The zero-order valence-electron chi connectivity index (χ0n) is 19.8. The Balaban J connectivity index is 1.66. The molecule has 0 aliphatic carbocycles. The van der Waals surface area contributed by atoms with Gasteiger partial charge in [-0.05, 0) is 69.9 Å². The van der Waals surface area contributed by atoms with Crippen LogP contribution in [0.2, 0.25) is 0 Å². The second-order valence-electron chi connectivity index (χ2n) is 8.54. The van der Waals surface area contributed by atoms with Crippen LogP contribution in [0.3, 0.4) is 0 Å². The summed E-state index contributed by atoms with van der Waals surface area (Å²) in [6.45, 7) is 3.35. The molecule has 1 saturated heterocycles. The molecular formula is C25H28N4O4S. The van der Waals surface area contributed by atoms with Gasteiger partial charge in [0.25, 0.3) is 5.91 Å². The van der Waals surface area contributed by atoms with Gasteiger partial charge in [-0.2, -0.15) is 0 Å². The molecule has 2 aromatic carbocycles. The van der Waals surface area contributed by atoms with E-state index in [0.29, 0.717) is 28.7 Å². The average molecular weight is 481 g/mol.